The predicted octanol–water partition coefficient (Wildman–Crippen LogP) is 2.51. The molecule has 6 heteroatoms. The van der Waals surface area contributed by atoms with E-state index in [-0.39, 0.29) is 17.6 Å². The van der Waals surface area contributed by atoms with Gasteiger partial charge in [0.05, 0.1) is 11.5 Å². The highest BCUT2D eigenvalue weighted by Crippen LogP contribution is 2.25. The number of halogens is 1. The Hall–Kier alpha value is -0.590. The predicted molar refractivity (Wildman–Crippen MR) is 83.8 cm³/mol. The number of hydrogen-bond donors (Lipinski definition) is 1. The molecule has 0 aromatic heterocycles. The van der Waals surface area contributed by atoms with Crippen molar-refractivity contribution in [3.63, 3.8) is 0 Å². The summed E-state index contributed by atoms with van der Waals surface area (Å²) in [5.74, 6) is 1.09. The normalized spacial score (nSPS) is 21.3. The molecule has 0 aliphatic carbocycles. The molecule has 1 fully saturated rings. The molecule has 1 saturated heterocycles. The molecule has 0 saturated carbocycles. The van der Waals surface area contributed by atoms with Gasteiger partial charge >= 0.3 is 0 Å². The number of nitrogens with one attached hydrogen (secondary N) is 1. The average molecular weight is 362 g/mol. The van der Waals surface area contributed by atoms with Gasteiger partial charge in [-0.25, -0.2) is 8.42 Å². The minimum Gasteiger partial charge on any atom is -0.489 e. The third-order valence-corrected chi connectivity index (χ3v) is 5.72. The van der Waals surface area contributed by atoms with Gasteiger partial charge in [-0.1, -0.05) is 29.8 Å². The highest BCUT2D eigenvalue weighted by atomic mass is 79.9. The van der Waals surface area contributed by atoms with E-state index in [4.69, 9.17) is 4.74 Å². The van der Waals surface area contributed by atoms with E-state index in [1.54, 1.807) is 0 Å². The number of rotatable bonds is 5. The third-order valence-electron chi connectivity index (χ3n) is 3.21. The molecule has 1 aliphatic heterocycles. The summed E-state index contributed by atoms with van der Waals surface area (Å²) in [4.78, 5) is 0. The van der Waals surface area contributed by atoms with Gasteiger partial charge in [0.25, 0.3) is 0 Å². The summed E-state index contributed by atoms with van der Waals surface area (Å²) in [6.45, 7) is 4.94. The van der Waals surface area contributed by atoms with Gasteiger partial charge in [0.2, 0.25) is 0 Å². The van der Waals surface area contributed by atoms with E-state index in [2.05, 4.69) is 35.1 Å². The lowest BCUT2D eigenvalue weighted by Gasteiger charge is -2.15. The fourth-order valence-electron chi connectivity index (χ4n) is 2.12. The van der Waals surface area contributed by atoms with Gasteiger partial charge < -0.3 is 10.1 Å². The maximum atomic E-state index is 11.4. The molecule has 1 aromatic carbocycles. The zero-order chi connectivity index (χ0) is 14.8. The summed E-state index contributed by atoms with van der Waals surface area (Å²) in [5.41, 5.74) is 1.11. The highest BCUT2D eigenvalue weighted by molar-refractivity contribution is 9.10. The third kappa shape index (κ3) is 4.46. The van der Waals surface area contributed by atoms with Crippen molar-refractivity contribution in [3.05, 3.63) is 28.2 Å². The standard InChI is InChI=1S/C14H20BrNO3S/c1-10(2)16-8-11-7-12(3-4-14(11)15)19-13-5-6-20(17,18)9-13/h3-4,7,10,13,16H,5-6,8-9H2,1-2H3. The van der Waals surface area contributed by atoms with Crippen molar-refractivity contribution < 1.29 is 13.2 Å². The SMILES string of the molecule is CC(C)NCc1cc(OC2CCS(=O)(=O)C2)ccc1Br. The first-order chi connectivity index (χ1) is 9.35. The van der Waals surface area contributed by atoms with Crippen LogP contribution in [0.1, 0.15) is 25.8 Å². The average Bonchev–Trinajstić information content (AvgIpc) is 2.69. The fourth-order valence-corrected chi connectivity index (χ4v) is 4.10. The Morgan fingerprint density at radius 1 is 1.45 bits per heavy atom. The molecule has 1 heterocycles. The molecule has 20 heavy (non-hydrogen) atoms. The molecule has 0 amide bonds. The first-order valence-corrected chi connectivity index (χ1v) is 9.36. The van der Waals surface area contributed by atoms with Crippen LogP contribution in [0.3, 0.4) is 0 Å². The minimum absolute atomic E-state index is 0.128. The number of ether oxygens (including phenoxy) is 1. The van der Waals surface area contributed by atoms with Crippen molar-refractivity contribution in [2.45, 2.75) is 39.0 Å². The van der Waals surface area contributed by atoms with E-state index < -0.39 is 9.84 Å². The maximum Gasteiger partial charge on any atom is 0.154 e. The van der Waals surface area contributed by atoms with Gasteiger partial charge in [-0.15, -0.1) is 0 Å². The van der Waals surface area contributed by atoms with Gasteiger partial charge in [-0.3, -0.25) is 0 Å². The van der Waals surface area contributed by atoms with Gasteiger partial charge in [0.1, 0.15) is 11.9 Å². The number of benzene rings is 1. The molecule has 0 spiro atoms. The summed E-state index contributed by atoms with van der Waals surface area (Å²) < 4.78 is 29.7. The van der Waals surface area contributed by atoms with Gasteiger partial charge in [0, 0.05) is 17.1 Å². The van der Waals surface area contributed by atoms with Crippen LogP contribution in [0.4, 0.5) is 0 Å². The maximum absolute atomic E-state index is 11.4. The summed E-state index contributed by atoms with van der Waals surface area (Å²) in [6.07, 6.45) is 0.366. The monoisotopic (exact) mass is 361 g/mol. The summed E-state index contributed by atoms with van der Waals surface area (Å²) in [6, 6.07) is 6.18. The number of sulfone groups is 1. The van der Waals surface area contributed by atoms with Gasteiger partial charge in [0.15, 0.2) is 9.84 Å². The van der Waals surface area contributed by atoms with Crippen LogP contribution in [-0.4, -0.2) is 32.1 Å². The minimum atomic E-state index is -2.90. The lowest BCUT2D eigenvalue weighted by molar-refractivity contribution is 0.228. The summed E-state index contributed by atoms with van der Waals surface area (Å²) in [7, 11) is -2.90. The van der Waals surface area contributed by atoms with Crippen molar-refractivity contribution in [1.82, 2.24) is 5.32 Å². The fraction of sp³-hybridized carbons (Fsp3) is 0.571. The molecular weight excluding hydrogens is 342 g/mol. The Bertz CT molecular complexity index is 572. The van der Waals surface area contributed by atoms with E-state index in [9.17, 15) is 8.42 Å². The van der Waals surface area contributed by atoms with Crippen molar-refractivity contribution in [2.75, 3.05) is 11.5 Å². The molecule has 0 bridgehead atoms. The molecule has 1 aromatic rings. The van der Waals surface area contributed by atoms with Crippen LogP contribution in [0, 0.1) is 0 Å². The van der Waals surface area contributed by atoms with Crippen LogP contribution in [0.25, 0.3) is 0 Å². The summed E-state index contributed by atoms with van der Waals surface area (Å²) in [5, 5.41) is 3.36. The van der Waals surface area contributed by atoms with Gasteiger partial charge in [-0.05, 0) is 30.2 Å². The molecular formula is C14H20BrNO3S. The molecule has 1 aliphatic rings. The quantitative estimate of drug-likeness (QED) is 0.875. The zero-order valence-electron chi connectivity index (χ0n) is 11.7. The first-order valence-electron chi connectivity index (χ1n) is 6.74. The van der Waals surface area contributed by atoms with Crippen LogP contribution < -0.4 is 10.1 Å². The van der Waals surface area contributed by atoms with E-state index >= 15 is 0 Å². The smallest absolute Gasteiger partial charge is 0.154 e. The van der Waals surface area contributed by atoms with E-state index in [1.165, 1.54) is 0 Å². The topological polar surface area (TPSA) is 55.4 Å². The van der Waals surface area contributed by atoms with Crippen molar-refractivity contribution in [3.8, 4) is 5.75 Å². The lowest BCUT2D eigenvalue weighted by Crippen LogP contribution is -2.22. The zero-order valence-corrected chi connectivity index (χ0v) is 14.1. The largest absolute Gasteiger partial charge is 0.489 e. The van der Waals surface area contributed by atoms with E-state index in [0.717, 1.165) is 22.3 Å². The molecule has 4 nitrogen and oxygen atoms in total. The Kier molecular flexibility index (Phi) is 5.09. The van der Waals surface area contributed by atoms with Crippen molar-refractivity contribution in [2.24, 2.45) is 0 Å². The van der Waals surface area contributed by atoms with Crippen molar-refractivity contribution >= 4 is 25.8 Å². The molecule has 112 valence electrons. The van der Waals surface area contributed by atoms with Crippen LogP contribution >= 0.6 is 15.9 Å². The molecule has 1 unspecified atom stereocenters. The summed E-state index contributed by atoms with van der Waals surface area (Å²) >= 11 is 3.52. The van der Waals surface area contributed by atoms with Crippen LogP contribution in [0.15, 0.2) is 22.7 Å². The van der Waals surface area contributed by atoms with Gasteiger partial charge in [-0.2, -0.15) is 0 Å². The second-order valence-electron chi connectivity index (χ2n) is 5.43. The second kappa shape index (κ2) is 6.45. The van der Waals surface area contributed by atoms with E-state index in [0.29, 0.717) is 12.5 Å². The van der Waals surface area contributed by atoms with Crippen molar-refractivity contribution in [1.29, 1.82) is 0 Å². The second-order valence-corrected chi connectivity index (χ2v) is 8.51. The van der Waals surface area contributed by atoms with Crippen LogP contribution in [-0.2, 0) is 16.4 Å². The molecule has 2 rings (SSSR count). The Labute approximate surface area is 129 Å². The molecule has 1 atom stereocenters. The number of hydrogen-bond acceptors (Lipinski definition) is 4. The first kappa shape index (κ1) is 15.8. The Balaban J connectivity index is 2.04. The Morgan fingerprint density at radius 3 is 2.80 bits per heavy atom. The molecule has 0 radical (unpaired) electrons. The molecule has 1 N–H and O–H groups in total. The lowest BCUT2D eigenvalue weighted by atomic mass is 10.2. The Morgan fingerprint density at radius 2 is 2.20 bits per heavy atom. The van der Waals surface area contributed by atoms with E-state index in [1.807, 2.05) is 18.2 Å². The highest BCUT2D eigenvalue weighted by Gasteiger charge is 2.29. The van der Waals surface area contributed by atoms with Crippen LogP contribution in [0.5, 0.6) is 5.75 Å². The van der Waals surface area contributed by atoms with Crippen LogP contribution in [0.2, 0.25) is 0 Å².